The van der Waals surface area contributed by atoms with Crippen LogP contribution in [0.1, 0.15) is 64.9 Å². The van der Waals surface area contributed by atoms with Gasteiger partial charge in [-0.15, -0.1) is 0 Å². The van der Waals surface area contributed by atoms with Gasteiger partial charge in [-0.3, -0.25) is 4.90 Å². The predicted molar refractivity (Wildman–Crippen MR) is 93.4 cm³/mol. The Bertz CT molecular complexity index is 363. The van der Waals surface area contributed by atoms with E-state index in [1.807, 2.05) is 0 Å². The number of unbranched alkanes of at least 4 members (excludes halogenated alkanes) is 4. The molecule has 120 valence electrons. The van der Waals surface area contributed by atoms with Crippen molar-refractivity contribution in [3.63, 3.8) is 0 Å². The summed E-state index contributed by atoms with van der Waals surface area (Å²) < 4.78 is 0. The van der Waals surface area contributed by atoms with Crippen molar-refractivity contribution in [2.24, 2.45) is 5.73 Å². The molecule has 2 heteroatoms. The van der Waals surface area contributed by atoms with E-state index >= 15 is 0 Å². The average Bonchev–Trinajstić information content (AvgIpc) is 2.53. The number of nitrogens with zero attached hydrogens (tertiary/aromatic N) is 1. The Morgan fingerprint density at radius 3 is 2.24 bits per heavy atom. The summed E-state index contributed by atoms with van der Waals surface area (Å²) in [4.78, 5) is 2.54. The zero-order valence-corrected chi connectivity index (χ0v) is 14.3. The van der Waals surface area contributed by atoms with Crippen LogP contribution in [0.5, 0.6) is 0 Å². The molecular formula is C19H34N2. The third kappa shape index (κ3) is 6.19. The maximum atomic E-state index is 6.14. The fourth-order valence-electron chi connectivity index (χ4n) is 2.99. The quantitative estimate of drug-likeness (QED) is 0.604. The van der Waals surface area contributed by atoms with Crippen LogP contribution in [0.4, 0.5) is 0 Å². The highest BCUT2D eigenvalue weighted by atomic mass is 15.2. The standard InChI is InChI=1S/C19H34N2/c1-4-6-7-8-12-15-19(3,17-20)21(5-2)16-18-13-10-9-11-14-18/h9-11,13-14H,4-8,12,15-17,20H2,1-3H3. The molecule has 0 bridgehead atoms. The summed E-state index contributed by atoms with van der Waals surface area (Å²) in [6.07, 6.45) is 7.87. The van der Waals surface area contributed by atoms with Crippen molar-refractivity contribution in [2.75, 3.05) is 13.1 Å². The van der Waals surface area contributed by atoms with Crippen molar-refractivity contribution in [2.45, 2.75) is 71.4 Å². The van der Waals surface area contributed by atoms with E-state index in [-0.39, 0.29) is 5.54 Å². The SMILES string of the molecule is CCCCCCCC(C)(CN)N(CC)Cc1ccccc1. The summed E-state index contributed by atoms with van der Waals surface area (Å²) in [6, 6.07) is 10.7. The van der Waals surface area contributed by atoms with Crippen molar-refractivity contribution >= 4 is 0 Å². The molecule has 0 saturated heterocycles. The number of benzene rings is 1. The molecule has 0 aliphatic rings. The highest BCUT2D eigenvalue weighted by Gasteiger charge is 2.28. The zero-order valence-electron chi connectivity index (χ0n) is 14.3. The van der Waals surface area contributed by atoms with Gasteiger partial charge in [0.1, 0.15) is 0 Å². The van der Waals surface area contributed by atoms with E-state index in [0.29, 0.717) is 0 Å². The maximum Gasteiger partial charge on any atom is 0.0307 e. The van der Waals surface area contributed by atoms with Crippen LogP contribution in [0.15, 0.2) is 30.3 Å². The zero-order chi connectivity index (χ0) is 15.6. The van der Waals surface area contributed by atoms with Gasteiger partial charge in [0, 0.05) is 18.6 Å². The molecule has 1 unspecified atom stereocenters. The van der Waals surface area contributed by atoms with E-state index < -0.39 is 0 Å². The first-order chi connectivity index (χ1) is 10.2. The average molecular weight is 290 g/mol. The van der Waals surface area contributed by atoms with Crippen LogP contribution in [0.3, 0.4) is 0 Å². The van der Waals surface area contributed by atoms with Gasteiger partial charge in [0.05, 0.1) is 0 Å². The summed E-state index contributed by atoms with van der Waals surface area (Å²) in [5.41, 5.74) is 7.64. The fraction of sp³-hybridized carbons (Fsp3) is 0.684. The van der Waals surface area contributed by atoms with Crippen LogP contribution in [0, 0.1) is 0 Å². The largest absolute Gasteiger partial charge is 0.329 e. The van der Waals surface area contributed by atoms with Gasteiger partial charge in [-0.1, -0.05) is 76.3 Å². The fourth-order valence-corrected chi connectivity index (χ4v) is 2.99. The smallest absolute Gasteiger partial charge is 0.0307 e. The van der Waals surface area contributed by atoms with E-state index in [2.05, 4.69) is 56.0 Å². The van der Waals surface area contributed by atoms with Crippen molar-refractivity contribution in [3.8, 4) is 0 Å². The first kappa shape index (κ1) is 18.2. The molecule has 2 nitrogen and oxygen atoms in total. The Balaban J connectivity index is 2.56. The molecule has 0 aliphatic heterocycles. The van der Waals surface area contributed by atoms with Gasteiger partial charge in [0.2, 0.25) is 0 Å². The topological polar surface area (TPSA) is 29.3 Å². The van der Waals surface area contributed by atoms with Gasteiger partial charge < -0.3 is 5.73 Å². The summed E-state index contributed by atoms with van der Waals surface area (Å²) in [5.74, 6) is 0. The second kappa shape index (κ2) is 9.97. The summed E-state index contributed by atoms with van der Waals surface area (Å²) >= 11 is 0. The highest BCUT2D eigenvalue weighted by Crippen LogP contribution is 2.24. The van der Waals surface area contributed by atoms with Crippen LogP contribution in [-0.4, -0.2) is 23.5 Å². The Morgan fingerprint density at radius 2 is 1.67 bits per heavy atom. The lowest BCUT2D eigenvalue weighted by Crippen LogP contribution is -2.51. The molecule has 1 aromatic carbocycles. The molecular weight excluding hydrogens is 256 g/mol. The van der Waals surface area contributed by atoms with Crippen LogP contribution in [0.25, 0.3) is 0 Å². The monoisotopic (exact) mass is 290 g/mol. The third-order valence-electron chi connectivity index (χ3n) is 4.62. The number of rotatable bonds is 11. The summed E-state index contributed by atoms with van der Waals surface area (Å²) in [7, 11) is 0. The van der Waals surface area contributed by atoms with E-state index in [1.54, 1.807) is 0 Å². The number of hydrogen-bond acceptors (Lipinski definition) is 2. The molecule has 1 aromatic rings. The lowest BCUT2D eigenvalue weighted by atomic mass is 9.91. The molecule has 0 aromatic heterocycles. The molecule has 2 N–H and O–H groups in total. The molecule has 0 radical (unpaired) electrons. The lowest BCUT2D eigenvalue weighted by Gasteiger charge is -2.40. The number of hydrogen-bond donors (Lipinski definition) is 1. The lowest BCUT2D eigenvalue weighted by molar-refractivity contribution is 0.0964. The van der Waals surface area contributed by atoms with Crippen molar-refractivity contribution < 1.29 is 0 Å². The molecule has 0 fully saturated rings. The van der Waals surface area contributed by atoms with Gasteiger partial charge in [-0.25, -0.2) is 0 Å². The molecule has 1 rings (SSSR count). The minimum atomic E-state index is 0.122. The van der Waals surface area contributed by atoms with Gasteiger partial charge in [-0.2, -0.15) is 0 Å². The van der Waals surface area contributed by atoms with Gasteiger partial charge >= 0.3 is 0 Å². The normalized spacial score (nSPS) is 14.3. The van der Waals surface area contributed by atoms with Crippen molar-refractivity contribution in [3.05, 3.63) is 35.9 Å². The van der Waals surface area contributed by atoms with Crippen LogP contribution in [0.2, 0.25) is 0 Å². The minimum Gasteiger partial charge on any atom is -0.329 e. The molecule has 1 atom stereocenters. The van der Waals surface area contributed by atoms with E-state index in [1.165, 1.54) is 44.1 Å². The number of likely N-dealkylation sites (N-methyl/N-ethyl adjacent to an activating group) is 1. The van der Waals surface area contributed by atoms with Gasteiger partial charge in [-0.05, 0) is 25.5 Å². The van der Waals surface area contributed by atoms with Crippen LogP contribution < -0.4 is 5.73 Å². The summed E-state index contributed by atoms with van der Waals surface area (Å²) in [6.45, 7) is 9.63. The Labute approximate surface area is 131 Å². The minimum absolute atomic E-state index is 0.122. The maximum absolute atomic E-state index is 6.14. The number of nitrogens with two attached hydrogens (primary N) is 1. The van der Waals surface area contributed by atoms with Crippen LogP contribution in [-0.2, 0) is 6.54 Å². The highest BCUT2D eigenvalue weighted by molar-refractivity contribution is 5.15. The Hall–Kier alpha value is -0.860. The van der Waals surface area contributed by atoms with E-state index in [4.69, 9.17) is 5.73 Å². The predicted octanol–water partition coefficient (Wildman–Crippen LogP) is 4.59. The second-order valence-electron chi connectivity index (χ2n) is 6.37. The molecule has 0 amide bonds. The third-order valence-corrected chi connectivity index (χ3v) is 4.62. The van der Waals surface area contributed by atoms with Gasteiger partial charge in [0.25, 0.3) is 0 Å². The first-order valence-electron chi connectivity index (χ1n) is 8.65. The summed E-state index contributed by atoms with van der Waals surface area (Å²) in [5, 5.41) is 0. The molecule has 0 aliphatic carbocycles. The Morgan fingerprint density at radius 1 is 1.00 bits per heavy atom. The first-order valence-corrected chi connectivity index (χ1v) is 8.65. The van der Waals surface area contributed by atoms with E-state index in [0.717, 1.165) is 19.6 Å². The Kier molecular flexibility index (Phi) is 8.63. The van der Waals surface area contributed by atoms with Gasteiger partial charge in [0.15, 0.2) is 0 Å². The van der Waals surface area contributed by atoms with Crippen molar-refractivity contribution in [1.29, 1.82) is 0 Å². The van der Waals surface area contributed by atoms with Crippen molar-refractivity contribution in [1.82, 2.24) is 4.90 Å². The van der Waals surface area contributed by atoms with Crippen LogP contribution >= 0.6 is 0 Å². The molecule has 0 heterocycles. The second-order valence-corrected chi connectivity index (χ2v) is 6.37. The molecule has 0 saturated carbocycles. The van der Waals surface area contributed by atoms with E-state index in [9.17, 15) is 0 Å². The molecule has 0 spiro atoms. The molecule has 21 heavy (non-hydrogen) atoms.